The second-order valence-electron chi connectivity index (χ2n) is 13.6. The smallest absolute Gasteiger partial charge is 0.315 e. The highest BCUT2D eigenvalue weighted by molar-refractivity contribution is 6.11. The first-order chi connectivity index (χ1) is 23.9. The molecule has 6 aromatic rings. The van der Waals surface area contributed by atoms with Gasteiger partial charge in [0.05, 0.1) is 23.4 Å². The maximum Gasteiger partial charge on any atom is 0.315 e. The van der Waals surface area contributed by atoms with Crippen molar-refractivity contribution in [3.63, 3.8) is 0 Å². The summed E-state index contributed by atoms with van der Waals surface area (Å²) in [6.45, 7) is 7.43. The third-order valence-corrected chi connectivity index (χ3v) is 9.65. The number of nitrogens with one attached hydrogen (secondary N) is 5. The molecule has 2 aliphatic heterocycles. The summed E-state index contributed by atoms with van der Waals surface area (Å²) in [7, 11) is 0. The van der Waals surface area contributed by atoms with E-state index in [1.165, 1.54) is 5.69 Å². The van der Waals surface area contributed by atoms with Crippen LogP contribution >= 0.6 is 0 Å². The number of hydrogen-bond donors (Lipinski definition) is 5. The number of carbonyl (C=O) groups excluding carboxylic acids is 2. The third kappa shape index (κ3) is 6.28. The van der Waals surface area contributed by atoms with Crippen LogP contribution in [-0.2, 0) is 4.79 Å². The summed E-state index contributed by atoms with van der Waals surface area (Å²) >= 11 is 0. The van der Waals surface area contributed by atoms with Gasteiger partial charge in [-0.3, -0.25) is 4.79 Å². The van der Waals surface area contributed by atoms with Crippen LogP contribution in [0, 0.1) is 5.92 Å². The van der Waals surface area contributed by atoms with E-state index < -0.39 is 0 Å². The van der Waals surface area contributed by atoms with E-state index in [0.717, 1.165) is 101 Å². The molecule has 2 atom stereocenters. The van der Waals surface area contributed by atoms with E-state index in [-0.39, 0.29) is 36.0 Å². The fourth-order valence-electron chi connectivity index (χ4n) is 7.15. The summed E-state index contributed by atoms with van der Waals surface area (Å²) in [4.78, 5) is 52.6. The normalized spacial score (nSPS) is 19.2. The lowest BCUT2D eigenvalue weighted by Crippen LogP contribution is -2.45. The van der Waals surface area contributed by atoms with Crippen molar-refractivity contribution in [1.82, 2.24) is 45.9 Å². The summed E-state index contributed by atoms with van der Waals surface area (Å²) in [5, 5.41) is 13.6. The van der Waals surface area contributed by atoms with Crippen LogP contribution in [0.3, 0.4) is 0 Å². The van der Waals surface area contributed by atoms with Crippen molar-refractivity contribution in [2.75, 3.05) is 36.0 Å². The number of amides is 3. The van der Waals surface area contributed by atoms with Gasteiger partial charge in [0, 0.05) is 108 Å². The molecule has 1 aliphatic carbocycles. The van der Waals surface area contributed by atoms with Crippen molar-refractivity contribution < 1.29 is 9.59 Å². The first kappa shape index (κ1) is 30.8. The average Bonchev–Trinajstić information content (AvgIpc) is 3.50. The average molecular weight is 660 g/mol. The Balaban J connectivity index is 0.000000142. The van der Waals surface area contributed by atoms with E-state index in [1.54, 1.807) is 12.4 Å². The molecule has 3 amide bonds. The van der Waals surface area contributed by atoms with E-state index in [0.29, 0.717) is 0 Å². The monoisotopic (exact) mass is 659 g/mol. The number of rotatable bonds is 6. The molecular weight excluding hydrogens is 618 g/mol. The Morgan fingerprint density at radius 2 is 1.27 bits per heavy atom. The molecule has 49 heavy (non-hydrogen) atoms. The van der Waals surface area contributed by atoms with Gasteiger partial charge in [-0.25, -0.2) is 24.7 Å². The van der Waals surface area contributed by atoms with E-state index in [4.69, 9.17) is 0 Å². The highest BCUT2D eigenvalue weighted by atomic mass is 16.2. The SMILES string of the molecule is CC(C)NC(=O)NC1CCN(c2cc[nH]c3cnc4nccc4c23)C1.O=C(NC1CCN(c2cc[nH]c3cnc4nccc4c23)C1)C1CC1. The summed E-state index contributed by atoms with van der Waals surface area (Å²) in [6, 6.07) is 8.65. The van der Waals surface area contributed by atoms with Crippen LogP contribution in [0.1, 0.15) is 39.5 Å². The van der Waals surface area contributed by atoms with Crippen LogP contribution in [0.25, 0.3) is 43.9 Å². The standard InChI is InChI=1S/C18H22N6O.C18H19N5O/c1-11(2)22-18(25)23-12-5-8-24(10-12)15-4-7-19-14-9-21-17-13(16(14)15)3-6-20-17;24-18(11-1-2-11)22-12-5-8-23(10-12)15-4-7-19-14-9-21-17-13(16(14)15)3-6-20-17/h3-4,6-7,9,11-12,19H,5,8,10H2,1-2H3,(H2,22,23,25);3-4,6-7,9,11-12,19H,1-2,5,8,10H2,(H,22,24). The van der Waals surface area contributed by atoms with Crippen LogP contribution in [-0.4, -0.2) is 86.1 Å². The van der Waals surface area contributed by atoms with Gasteiger partial charge < -0.3 is 35.7 Å². The zero-order valence-corrected chi connectivity index (χ0v) is 27.7. The molecule has 13 heteroatoms. The summed E-state index contributed by atoms with van der Waals surface area (Å²) in [5.41, 5.74) is 5.89. The molecule has 3 aliphatic rings. The van der Waals surface area contributed by atoms with Crippen LogP contribution in [0.5, 0.6) is 0 Å². The topological polar surface area (TPSA) is 160 Å². The third-order valence-electron chi connectivity index (χ3n) is 9.65. The molecule has 2 saturated heterocycles. The number of carbonyl (C=O) groups is 2. The second-order valence-corrected chi connectivity index (χ2v) is 13.6. The molecular formula is C36H41N11O2. The fourth-order valence-corrected chi connectivity index (χ4v) is 7.15. The minimum Gasteiger partial charge on any atom is -0.369 e. The molecule has 13 nitrogen and oxygen atoms in total. The molecule has 5 N–H and O–H groups in total. The highest BCUT2D eigenvalue weighted by Crippen LogP contribution is 2.35. The Bertz CT molecular complexity index is 2150. The maximum atomic E-state index is 12.0. The summed E-state index contributed by atoms with van der Waals surface area (Å²) < 4.78 is 0. The second kappa shape index (κ2) is 12.9. The Morgan fingerprint density at radius 3 is 1.78 bits per heavy atom. The first-order valence-corrected chi connectivity index (χ1v) is 17.2. The van der Waals surface area contributed by atoms with Gasteiger partial charge in [-0.1, -0.05) is 0 Å². The number of aromatic nitrogens is 6. The zero-order valence-electron chi connectivity index (χ0n) is 27.7. The molecule has 0 aromatic carbocycles. The number of hydrogen-bond acceptors (Lipinski definition) is 8. The number of fused-ring (bicyclic) bond motifs is 6. The van der Waals surface area contributed by atoms with E-state index >= 15 is 0 Å². The highest BCUT2D eigenvalue weighted by Gasteiger charge is 2.33. The summed E-state index contributed by atoms with van der Waals surface area (Å²) in [6.07, 6.45) is 15.2. The quantitative estimate of drug-likeness (QED) is 0.173. The molecule has 252 valence electrons. The van der Waals surface area contributed by atoms with Gasteiger partial charge in [0.1, 0.15) is 0 Å². The Hall–Kier alpha value is -5.46. The molecule has 8 heterocycles. The Morgan fingerprint density at radius 1 is 0.735 bits per heavy atom. The van der Waals surface area contributed by atoms with E-state index in [1.807, 2.05) is 50.8 Å². The predicted molar refractivity (Wildman–Crippen MR) is 192 cm³/mol. The largest absolute Gasteiger partial charge is 0.369 e. The van der Waals surface area contributed by atoms with Crippen molar-refractivity contribution in [1.29, 1.82) is 0 Å². The van der Waals surface area contributed by atoms with Gasteiger partial charge >= 0.3 is 6.03 Å². The van der Waals surface area contributed by atoms with Crippen molar-refractivity contribution in [3.05, 3.63) is 61.4 Å². The fraction of sp³-hybridized carbons (Fsp3) is 0.389. The van der Waals surface area contributed by atoms with Crippen LogP contribution in [0.15, 0.2) is 61.4 Å². The van der Waals surface area contributed by atoms with Gasteiger partial charge in [0.2, 0.25) is 5.91 Å². The van der Waals surface area contributed by atoms with Crippen molar-refractivity contribution in [2.45, 2.75) is 57.7 Å². The predicted octanol–water partition coefficient (Wildman–Crippen LogP) is 4.61. The minimum absolute atomic E-state index is 0.0973. The number of urea groups is 1. The molecule has 0 radical (unpaired) electrons. The van der Waals surface area contributed by atoms with E-state index in [2.05, 4.69) is 67.8 Å². The molecule has 3 fully saturated rings. The Kier molecular flexibility index (Phi) is 8.10. The molecule has 1 saturated carbocycles. The number of nitrogens with zero attached hydrogens (tertiary/aromatic N) is 6. The van der Waals surface area contributed by atoms with Crippen LogP contribution < -0.4 is 25.8 Å². The zero-order chi connectivity index (χ0) is 33.5. The van der Waals surface area contributed by atoms with Crippen molar-refractivity contribution >= 4 is 67.2 Å². The first-order valence-electron chi connectivity index (χ1n) is 17.2. The molecule has 2 unspecified atom stereocenters. The lowest BCUT2D eigenvalue weighted by Gasteiger charge is -2.21. The Labute approximate surface area is 283 Å². The van der Waals surface area contributed by atoms with Gasteiger partial charge in [0.25, 0.3) is 0 Å². The van der Waals surface area contributed by atoms with E-state index in [9.17, 15) is 9.59 Å². The number of anilines is 2. The lowest BCUT2D eigenvalue weighted by atomic mass is 10.1. The van der Waals surface area contributed by atoms with Gasteiger partial charge in [-0.05, 0) is 63.8 Å². The molecule has 0 bridgehead atoms. The maximum absolute atomic E-state index is 12.0. The minimum atomic E-state index is -0.0973. The van der Waals surface area contributed by atoms with Gasteiger partial charge in [0.15, 0.2) is 11.3 Å². The lowest BCUT2D eigenvalue weighted by molar-refractivity contribution is -0.122. The van der Waals surface area contributed by atoms with Crippen molar-refractivity contribution in [3.8, 4) is 0 Å². The van der Waals surface area contributed by atoms with Crippen molar-refractivity contribution in [2.24, 2.45) is 5.92 Å². The van der Waals surface area contributed by atoms with Gasteiger partial charge in [-0.15, -0.1) is 0 Å². The summed E-state index contributed by atoms with van der Waals surface area (Å²) in [5.74, 6) is 0.507. The molecule has 0 spiro atoms. The number of pyridine rings is 4. The van der Waals surface area contributed by atoms with Crippen LogP contribution in [0.2, 0.25) is 0 Å². The van der Waals surface area contributed by atoms with Crippen LogP contribution in [0.4, 0.5) is 16.2 Å². The molecule has 9 rings (SSSR count). The number of H-pyrrole nitrogens is 2. The number of aromatic amines is 2. The van der Waals surface area contributed by atoms with Gasteiger partial charge in [-0.2, -0.15) is 0 Å². The molecule has 6 aromatic heterocycles.